The number of carbonyl (C=O) groups is 1. The Bertz CT molecular complexity index is 419. The van der Waals surface area contributed by atoms with E-state index in [1.807, 2.05) is 0 Å². The second kappa shape index (κ2) is 7.44. The van der Waals surface area contributed by atoms with Gasteiger partial charge in [-0.05, 0) is 36.3 Å². The van der Waals surface area contributed by atoms with Crippen molar-refractivity contribution in [2.24, 2.45) is 0 Å². The van der Waals surface area contributed by atoms with E-state index < -0.39 is 0 Å². The second-order valence-corrected chi connectivity index (χ2v) is 5.84. The fourth-order valence-corrected chi connectivity index (χ4v) is 2.45. The number of hydrogen-bond acceptors (Lipinski definition) is 2. The van der Waals surface area contributed by atoms with E-state index in [4.69, 9.17) is 4.74 Å². The Labute approximate surface area is 121 Å². The molecule has 20 heavy (non-hydrogen) atoms. The molecule has 0 aromatic heterocycles. The van der Waals surface area contributed by atoms with Crippen molar-refractivity contribution >= 4 is 5.91 Å². The van der Waals surface area contributed by atoms with Gasteiger partial charge in [-0.25, -0.2) is 0 Å². The van der Waals surface area contributed by atoms with Gasteiger partial charge in [0.25, 0.3) is 0 Å². The van der Waals surface area contributed by atoms with Crippen molar-refractivity contribution in [2.45, 2.75) is 51.6 Å². The Morgan fingerprint density at radius 2 is 2.10 bits per heavy atom. The molecule has 0 bridgehead atoms. The van der Waals surface area contributed by atoms with Crippen molar-refractivity contribution in [3.05, 3.63) is 35.4 Å². The van der Waals surface area contributed by atoms with Gasteiger partial charge >= 0.3 is 0 Å². The summed E-state index contributed by atoms with van der Waals surface area (Å²) < 4.78 is 5.49. The highest BCUT2D eigenvalue weighted by molar-refractivity contribution is 5.76. The van der Waals surface area contributed by atoms with Gasteiger partial charge in [0, 0.05) is 19.6 Å². The van der Waals surface area contributed by atoms with Crippen LogP contribution in [0.3, 0.4) is 0 Å². The Balaban J connectivity index is 1.69. The van der Waals surface area contributed by atoms with E-state index in [2.05, 4.69) is 43.4 Å². The minimum Gasteiger partial charge on any atom is -0.376 e. The number of nitrogens with one attached hydrogen (secondary N) is 1. The summed E-state index contributed by atoms with van der Waals surface area (Å²) in [6.07, 6.45) is 3.76. The van der Waals surface area contributed by atoms with E-state index in [1.165, 1.54) is 11.1 Å². The zero-order valence-electron chi connectivity index (χ0n) is 12.5. The maximum Gasteiger partial charge on any atom is 0.220 e. The molecule has 110 valence electrons. The van der Waals surface area contributed by atoms with Crippen LogP contribution in [-0.4, -0.2) is 25.2 Å². The number of rotatable bonds is 6. The maximum atomic E-state index is 11.8. The van der Waals surface area contributed by atoms with Gasteiger partial charge in [0.1, 0.15) is 0 Å². The molecule has 0 radical (unpaired) electrons. The molecule has 0 aliphatic carbocycles. The van der Waals surface area contributed by atoms with Crippen LogP contribution < -0.4 is 5.32 Å². The summed E-state index contributed by atoms with van der Waals surface area (Å²) in [6, 6.07) is 8.57. The first-order chi connectivity index (χ1) is 9.65. The monoisotopic (exact) mass is 275 g/mol. The van der Waals surface area contributed by atoms with Gasteiger partial charge in [-0.1, -0.05) is 38.1 Å². The number of carbonyl (C=O) groups excluding carboxylic acids is 1. The van der Waals surface area contributed by atoms with Crippen molar-refractivity contribution in [3.63, 3.8) is 0 Å². The van der Waals surface area contributed by atoms with Crippen molar-refractivity contribution in [1.29, 1.82) is 0 Å². The predicted octanol–water partition coefficient (Wildman–Crippen LogP) is 3.04. The van der Waals surface area contributed by atoms with Crippen molar-refractivity contribution in [3.8, 4) is 0 Å². The van der Waals surface area contributed by atoms with Crippen LogP contribution in [0.4, 0.5) is 0 Å². The third kappa shape index (κ3) is 4.64. The molecule has 1 amide bonds. The Morgan fingerprint density at radius 3 is 2.70 bits per heavy atom. The van der Waals surface area contributed by atoms with E-state index in [-0.39, 0.29) is 12.0 Å². The molecular formula is C17H25NO2. The largest absolute Gasteiger partial charge is 0.376 e. The summed E-state index contributed by atoms with van der Waals surface area (Å²) in [6.45, 7) is 5.87. The average molecular weight is 275 g/mol. The van der Waals surface area contributed by atoms with Crippen LogP contribution in [-0.2, 0) is 16.0 Å². The molecule has 1 saturated heterocycles. The highest BCUT2D eigenvalue weighted by Gasteiger charge is 2.15. The average Bonchev–Trinajstić information content (AvgIpc) is 2.96. The summed E-state index contributed by atoms with van der Waals surface area (Å²) in [7, 11) is 0. The van der Waals surface area contributed by atoms with E-state index in [0.29, 0.717) is 18.9 Å². The fraction of sp³-hybridized carbons (Fsp3) is 0.588. The smallest absolute Gasteiger partial charge is 0.220 e. The summed E-state index contributed by atoms with van der Waals surface area (Å²) >= 11 is 0. The summed E-state index contributed by atoms with van der Waals surface area (Å²) in [5.41, 5.74) is 2.57. The summed E-state index contributed by atoms with van der Waals surface area (Å²) in [5.74, 6) is 0.673. The molecule has 1 N–H and O–H groups in total. The molecule has 0 saturated carbocycles. The van der Waals surface area contributed by atoms with E-state index in [0.717, 1.165) is 25.9 Å². The minimum atomic E-state index is 0.119. The lowest BCUT2D eigenvalue weighted by atomic mass is 10.0. The Morgan fingerprint density at radius 1 is 1.35 bits per heavy atom. The van der Waals surface area contributed by atoms with Crippen molar-refractivity contribution in [2.75, 3.05) is 13.2 Å². The van der Waals surface area contributed by atoms with E-state index in [1.54, 1.807) is 0 Å². The Kier molecular flexibility index (Phi) is 5.60. The molecule has 3 nitrogen and oxygen atoms in total. The molecule has 3 heteroatoms. The van der Waals surface area contributed by atoms with Gasteiger partial charge in [-0.3, -0.25) is 4.79 Å². The Hall–Kier alpha value is -1.35. The zero-order valence-corrected chi connectivity index (χ0v) is 12.5. The van der Waals surface area contributed by atoms with Crippen LogP contribution >= 0.6 is 0 Å². The van der Waals surface area contributed by atoms with E-state index >= 15 is 0 Å². The van der Waals surface area contributed by atoms with Crippen LogP contribution in [0.15, 0.2) is 24.3 Å². The molecule has 0 spiro atoms. The number of hydrogen-bond donors (Lipinski definition) is 1. The fourth-order valence-electron chi connectivity index (χ4n) is 2.45. The topological polar surface area (TPSA) is 38.3 Å². The number of benzene rings is 1. The normalized spacial score (nSPS) is 18.4. The first-order valence-electron chi connectivity index (χ1n) is 7.62. The predicted molar refractivity (Wildman–Crippen MR) is 80.8 cm³/mol. The second-order valence-electron chi connectivity index (χ2n) is 5.84. The third-order valence-electron chi connectivity index (χ3n) is 3.84. The van der Waals surface area contributed by atoms with Gasteiger partial charge < -0.3 is 10.1 Å². The molecule has 1 aliphatic rings. The highest BCUT2D eigenvalue weighted by Crippen LogP contribution is 2.15. The molecule has 1 aromatic rings. The minimum absolute atomic E-state index is 0.119. The van der Waals surface area contributed by atoms with Gasteiger partial charge in [-0.2, -0.15) is 0 Å². The van der Waals surface area contributed by atoms with Gasteiger partial charge in [0.15, 0.2) is 0 Å². The third-order valence-corrected chi connectivity index (χ3v) is 3.84. The lowest BCUT2D eigenvalue weighted by Gasteiger charge is -2.11. The first kappa shape index (κ1) is 15.0. The summed E-state index contributed by atoms with van der Waals surface area (Å²) in [4.78, 5) is 11.8. The number of aryl methyl sites for hydroxylation is 1. The standard InChI is InChI=1S/C17H25NO2/c1-13(2)15-8-5-14(6-9-15)7-10-17(19)18-12-16-4-3-11-20-16/h5-6,8-9,13,16H,3-4,7,10-12H2,1-2H3,(H,18,19)/t16-/m0/s1. The van der Waals surface area contributed by atoms with Gasteiger partial charge in [-0.15, -0.1) is 0 Å². The molecule has 0 unspecified atom stereocenters. The number of ether oxygens (including phenoxy) is 1. The van der Waals surface area contributed by atoms with E-state index in [9.17, 15) is 4.79 Å². The highest BCUT2D eigenvalue weighted by atomic mass is 16.5. The first-order valence-corrected chi connectivity index (χ1v) is 7.62. The zero-order chi connectivity index (χ0) is 14.4. The van der Waals surface area contributed by atoms with Crippen LogP contribution in [0.5, 0.6) is 0 Å². The molecule has 1 aliphatic heterocycles. The maximum absolute atomic E-state index is 11.8. The van der Waals surface area contributed by atoms with Crippen molar-refractivity contribution < 1.29 is 9.53 Å². The van der Waals surface area contributed by atoms with Crippen LogP contribution in [0.25, 0.3) is 0 Å². The molecule has 2 rings (SSSR count). The summed E-state index contributed by atoms with van der Waals surface area (Å²) in [5, 5.41) is 2.96. The molecule has 1 fully saturated rings. The van der Waals surface area contributed by atoms with Crippen LogP contribution in [0.1, 0.15) is 50.2 Å². The van der Waals surface area contributed by atoms with Crippen LogP contribution in [0, 0.1) is 0 Å². The molecular weight excluding hydrogens is 250 g/mol. The lowest BCUT2D eigenvalue weighted by molar-refractivity contribution is -0.121. The number of amides is 1. The lowest BCUT2D eigenvalue weighted by Crippen LogP contribution is -2.31. The molecule has 1 aromatic carbocycles. The van der Waals surface area contributed by atoms with Gasteiger partial charge in [0.2, 0.25) is 5.91 Å². The van der Waals surface area contributed by atoms with Crippen molar-refractivity contribution in [1.82, 2.24) is 5.32 Å². The quantitative estimate of drug-likeness (QED) is 0.866. The van der Waals surface area contributed by atoms with Crippen LogP contribution in [0.2, 0.25) is 0 Å². The van der Waals surface area contributed by atoms with Gasteiger partial charge in [0.05, 0.1) is 6.10 Å². The SMILES string of the molecule is CC(C)c1ccc(CCC(=O)NC[C@@H]2CCCO2)cc1. The molecule has 1 heterocycles. The molecule has 1 atom stereocenters.